The maximum atomic E-state index is 12.1. The SMILES string of the molecule is CC(C)CCC[C@@H](C)[C@H]1CCC2C3CC=C4CC([O])CC[C@]4(C)C3CC[C@@]21C. The number of hydrogen-bond acceptors (Lipinski definition) is 0. The number of hydrogen-bond donors (Lipinski definition) is 0. The van der Waals surface area contributed by atoms with Crippen LogP contribution in [0, 0.1) is 46.3 Å². The molecule has 0 aliphatic heterocycles. The maximum Gasteiger partial charge on any atom is 0.0967 e. The Kier molecular flexibility index (Phi) is 5.80. The summed E-state index contributed by atoms with van der Waals surface area (Å²) in [5.74, 6) is 5.37. The van der Waals surface area contributed by atoms with Crippen molar-refractivity contribution in [2.75, 3.05) is 0 Å². The van der Waals surface area contributed by atoms with E-state index in [2.05, 4.69) is 40.7 Å². The Morgan fingerprint density at radius 2 is 1.79 bits per heavy atom. The normalized spacial score (nSPS) is 46.5. The summed E-state index contributed by atoms with van der Waals surface area (Å²) in [6.45, 7) is 12.5. The topological polar surface area (TPSA) is 19.9 Å². The monoisotopic (exact) mass is 385 g/mol. The van der Waals surface area contributed by atoms with Crippen molar-refractivity contribution in [3.63, 3.8) is 0 Å². The lowest BCUT2D eigenvalue weighted by atomic mass is 9.47. The van der Waals surface area contributed by atoms with E-state index in [9.17, 15) is 5.11 Å². The van der Waals surface area contributed by atoms with Gasteiger partial charge in [-0.15, -0.1) is 0 Å². The Balaban J connectivity index is 1.49. The minimum absolute atomic E-state index is 0.327. The third-order valence-corrected chi connectivity index (χ3v) is 10.3. The van der Waals surface area contributed by atoms with E-state index in [0.717, 1.165) is 54.8 Å². The molecule has 4 rings (SSSR count). The molecule has 0 saturated heterocycles. The largest absolute Gasteiger partial charge is 0.233 e. The molecular weight excluding hydrogens is 340 g/mol. The van der Waals surface area contributed by atoms with Crippen molar-refractivity contribution in [2.45, 2.75) is 111 Å². The summed E-state index contributed by atoms with van der Waals surface area (Å²) in [5.41, 5.74) is 2.49. The first-order chi connectivity index (χ1) is 13.3. The zero-order valence-electron chi connectivity index (χ0n) is 19.3. The molecule has 0 bridgehead atoms. The van der Waals surface area contributed by atoms with Crippen molar-refractivity contribution in [1.29, 1.82) is 0 Å². The van der Waals surface area contributed by atoms with Crippen LogP contribution in [0.4, 0.5) is 0 Å². The predicted octanol–water partition coefficient (Wildman–Crippen LogP) is 7.83. The van der Waals surface area contributed by atoms with Gasteiger partial charge in [-0.25, -0.2) is 5.11 Å². The third-order valence-electron chi connectivity index (χ3n) is 10.3. The Hall–Kier alpha value is -0.300. The van der Waals surface area contributed by atoms with E-state index >= 15 is 0 Å². The molecule has 0 aromatic carbocycles. The van der Waals surface area contributed by atoms with E-state index in [1.807, 2.05) is 0 Å². The number of fused-ring (bicyclic) bond motifs is 5. The van der Waals surface area contributed by atoms with Gasteiger partial charge in [0.15, 0.2) is 0 Å². The Labute approximate surface area is 174 Å². The molecule has 4 aliphatic rings. The van der Waals surface area contributed by atoms with Crippen molar-refractivity contribution >= 4 is 0 Å². The molecule has 159 valence electrons. The van der Waals surface area contributed by atoms with Gasteiger partial charge in [0.1, 0.15) is 0 Å². The first-order valence-corrected chi connectivity index (χ1v) is 12.6. The zero-order chi connectivity index (χ0) is 20.1. The second kappa shape index (κ2) is 7.75. The van der Waals surface area contributed by atoms with E-state index in [-0.39, 0.29) is 6.10 Å². The van der Waals surface area contributed by atoms with Crippen LogP contribution in [0.25, 0.3) is 0 Å². The van der Waals surface area contributed by atoms with Gasteiger partial charge in [-0.2, -0.15) is 0 Å². The van der Waals surface area contributed by atoms with Crippen LogP contribution in [0.5, 0.6) is 0 Å². The van der Waals surface area contributed by atoms with E-state index in [1.54, 1.807) is 5.57 Å². The molecule has 0 aromatic rings. The molecule has 28 heavy (non-hydrogen) atoms. The molecule has 4 aliphatic carbocycles. The quantitative estimate of drug-likeness (QED) is 0.430. The highest BCUT2D eigenvalue weighted by atomic mass is 16.3. The molecule has 1 radical (unpaired) electrons. The summed E-state index contributed by atoms with van der Waals surface area (Å²) < 4.78 is 0. The average Bonchev–Trinajstić information content (AvgIpc) is 2.99. The lowest BCUT2D eigenvalue weighted by Gasteiger charge is -2.58. The minimum atomic E-state index is -0.327. The highest BCUT2D eigenvalue weighted by molar-refractivity contribution is 5.25. The molecule has 0 N–H and O–H groups in total. The van der Waals surface area contributed by atoms with Crippen LogP contribution in [0.15, 0.2) is 11.6 Å². The van der Waals surface area contributed by atoms with Crippen LogP contribution in [0.3, 0.4) is 0 Å². The summed E-state index contributed by atoms with van der Waals surface area (Å²) >= 11 is 0. The van der Waals surface area contributed by atoms with Crippen LogP contribution >= 0.6 is 0 Å². The standard InChI is InChI=1S/C27H45O/c1-18(2)7-6-8-19(3)23-11-12-24-22-10-9-20-17-21(28)13-15-26(20,4)25(22)14-16-27(23,24)5/h9,18-19,21-25H,6-8,10-17H2,1-5H3/t19-,21?,22?,23-,24?,25?,26+,27-/m1/s1. The van der Waals surface area contributed by atoms with Crippen LogP contribution in [0.1, 0.15) is 105 Å². The molecule has 0 aromatic heterocycles. The maximum absolute atomic E-state index is 12.1. The van der Waals surface area contributed by atoms with E-state index in [4.69, 9.17) is 0 Å². The molecule has 1 nitrogen and oxygen atoms in total. The highest BCUT2D eigenvalue weighted by Crippen LogP contribution is 2.67. The van der Waals surface area contributed by atoms with Crippen molar-refractivity contribution in [2.24, 2.45) is 46.3 Å². The average molecular weight is 386 g/mol. The van der Waals surface area contributed by atoms with Gasteiger partial charge in [-0.3, -0.25) is 0 Å². The molecule has 3 saturated carbocycles. The molecule has 0 amide bonds. The fourth-order valence-corrected chi connectivity index (χ4v) is 8.65. The van der Waals surface area contributed by atoms with Gasteiger partial charge in [-0.05, 0) is 97.7 Å². The van der Waals surface area contributed by atoms with E-state index in [0.29, 0.717) is 10.8 Å². The van der Waals surface area contributed by atoms with Gasteiger partial charge in [0.05, 0.1) is 6.10 Å². The first kappa shape index (κ1) is 21.0. The molecule has 1 heteroatoms. The van der Waals surface area contributed by atoms with Gasteiger partial charge in [-0.1, -0.05) is 65.5 Å². The van der Waals surface area contributed by atoms with Crippen molar-refractivity contribution in [3.8, 4) is 0 Å². The lowest BCUT2D eigenvalue weighted by Crippen LogP contribution is -2.50. The second-order valence-electron chi connectivity index (χ2n) is 12.2. The molecule has 3 fully saturated rings. The van der Waals surface area contributed by atoms with Crippen molar-refractivity contribution in [3.05, 3.63) is 11.6 Å². The smallest absolute Gasteiger partial charge is 0.0967 e. The van der Waals surface area contributed by atoms with Crippen LogP contribution < -0.4 is 0 Å². The minimum Gasteiger partial charge on any atom is -0.233 e. The molecule has 8 atom stereocenters. The molecule has 0 heterocycles. The van der Waals surface area contributed by atoms with Gasteiger partial charge >= 0.3 is 0 Å². The highest BCUT2D eigenvalue weighted by Gasteiger charge is 2.59. The Morgan fingerprint density at radius 3 is 2.54 bits per heavy atom. The second-order valence-corrected chi connectivity index (χ2v) is 12.2. The molecule has 4 unspecified atom stereocenters. The number of rotatable bonds is 5. The van der Waals surface area contributed by atoms with Gasteiger partial charge in [0.25, 0.3) is 0 Å². The Bertz CT molecular complexity index is 591. The van der Waals surface area contributed by atoms with Crippen LogP contribution in [-0.4, -0.2) is 6.10 Å². The molecular formula is C27H45O. The third kappa shape index (κ3) is 3.42. The van der Waals surface area contributed by atoms with E-state index in [1.165, 1.54) is 51.4 Å². The summed E-state index contributed by atoms with van der Waals surface area (Å²) in [7, 11) is 0. The van der Waals surface area contributed by atoms with E-state index < -0.39 is 0 Å². The summed E-state index contributed by atoms with van der Waals surface area (Å²) in [5, 5.41) is 12.1. The lowest BCUT2D eigenvalue weighted by molar-refractivity contribution is -0.0623. The van der Waals surface area contributed by atoms with Crippen LogP contribution in [-0.2, 0) is 5.11 Å². The molecule has 0 spiro atoms. The number of allylic oxidation sites excluding steroid dienone is 1. The van der Waals surface area contributed by atoms with Crippen molar-refractivity contribution < 1.29 is 5.11 Å². The predicted molar refractivity (Wildman–Crippen MR) is 118 cm³/mol. The zero-order valence-corrected chi connectivity index (χ0v) is 19.3. The first-order valence-electron chi connectivity index (χ1n) is 12.6. The van der Waals surface area contributed by atoms with Crippen LogP contribution in [0.2, 0.25) is 0 Å². The van der Waals surface area contributed by atoms with Gasteiger partial charge < -0.3 is 0 Å². The fraction of sp³-hybridized carbons (Fsp3) is 0.926. The van der Waals surface area contributed by atoms with Gasteiger partial charge in [0.2, 0.25) is 0 Å². The van der Waals surface area contributed by atoms with Gasteiger partial charge in [0, 0.05) is 0 Å². The fourth-order valence-electron chi connectivity index (χ4n) is 8.65. The summed E-state index contributed by atoms with van der Waals surface area (Å²) in [4.78, 5) is 0. The summed E-state index contributed by atoms with van der Waals surface area (Å²) in [6.07, 6.45) is 16.5. The summed E-state index contributed by atoms with van der Waals surface area (Å²) in [6, 6.07) is 0. The van der Waals surface area contributed by atoms with Crippen molar-refractivity contribution in [1.82, 2.24) is 0 Å². The Morgan fingerprint density at radius 1 is 1.00 bits per heavy atom.